The molecule has 1 unspecified atom stereocenters. The van der Waals surface area contributed by atoms with E-state index in [2.05, 4.69) is 0 Å². The number of aliphatic carboxylic acids is 2. The van der Waals surface area contributed by atoms with Crippen molar-refractivity contribution in [3.05, 3.63) is 0 Å². The van der Waals surface area contributed by atoms with Gasteiger partial charge in [0, 0.05) is 0 Å². The van der Waals surface area contributed by atoms with Crippen LogP contribution in [0.25, 0.3) is 0 Å². The van der Waals surface area contributed by atoms with Gasteiger partial charge < -0.3 is 15.3 Å². The molecular weight excluding hydrogens is 166 g/mol. The fraction of sp³-hybridized carbons (Fsp3) is 0.500. The molecule has 0 saturated carbocycles. The molecule has 66 valence electrons. The van der Waals surface area contributed by atoms with Crippen LogP contribution in [0.5, 0.6) is 0 Å². The van der Waals surface area contributed by atoms with Crippen LogP contribution in [-0.4, -0.2) is 33.4 Å². The first-order chi connectivity index (χ1) is 5.49. The van der Waals surface area contributed by atoms with Gasteiger partial charge >= 0.3 is 11.9 Å². The molecule has 0 radical (unpaired) electrons. The minimum absolute atomic E-state index is 0.746. The summed E-state index contributed by atoms with van der Waals surface area (Å²) in [6.45, 7) is 0. The summed E-state index contributed by atoms with van der Waals surface area (Å²) in [4.78, 5) is 20.2. The van der Waals surface area contributed by atoms with E-state index in [-0.39, 0.29) is 0 Å². The molecule has 6 nitrogen and oxygen atoms in total. The average Bonchev–Trinajstić information content (AvgIpc) is 1.85. The van der Waals surface area contributed by atoms with Gasteiger partial charge in [-0.1, -0.05) is 0 Å². The number of nitrogens with zero attached hydrogens (tertiary/aromatic N) is 1. The van der Waals surface area contributed by atoms with Crippen LogP contribution in [0.3, 0.4) is 0 Å². The van der Waals surface area contributed by atoms with Crippen molar-refractivity contribution in [1.82, 2.24) is 0 Å². The highest BCUT2D eigenvalue weighted by molar-refractivity contribution is 5.75. The van der Waals surface area contributed by atoms with Crippen molar-refractivity contribution in [2.75, 3.05) is 0 Å². The van der Waals surface area contributed by atoms with E-state index < -0.39 is 30.4 Å². The third-order valence-electron chi connectivity index (χ3n) is 1.17. The van der Waals surface area contributed by atoms with E-state index in [0.29, 0.717) is 0 Å². The van der Waals surface area contributed by atoms with Crippen LogP contribution in [0.2, 0.25) is 0 Å². The molecule has 0 rings (SSSR count). The largest absolute Gasteiger partial charge is 0.481 e. The lowest BCUT2D eigenvalue weighted by atomic mass is 10.0. The first kappa shape index (κ1) is 10.4. The summed E-state index contributed by atoms with van der Waals surface area (Å²) < 4.78 is 0. The third-order valence-corrected chi connectivity index (χ3v) is 1.17. The molecule has 6 heteroatoms. The van der Waals surface area contributed by atoms with E-state index in [4.69, 9.17) is 20.6 Å². The standard InChI is InChI=1S/C6H7NO5/c7-2-3(6(11)12)4(8)1-5(9)10/h3-4,8H,1H2,(H,9,10)(H,11,12)/t3?,4-/m1/s1. The van der Waals surface area contributed by atoms with E-state index in [9.17, 15) is 9.59 Å². The molecular formula is C6H7NO5. The van der Waals surface area contributed by atoms with E-state index in [1.165, 1.54) is 6.07 Å². The Kier molecular flexibility index (Phi) is 3.73. The molecule has 0 heterocycles. The number of hydrogen-bond acceptors (Lipinski definition) is 4. The van der Waals surface area contributed by atoms with Crippen molar-refractivity contribution in [2.45, 2.75) is 12.5 Å². The van der Waals surface area contributed by atoms with Crippen molar-refractivity contribution in [2.24, 2.45) is 5.92 Å². The summed E-state index contributed by atoms with van der Waals surface area (Å²) in [5.74, 6) is -4.55. The van der Waals surface area contributed by atoms with Gasteiger partial charge in [-0.3, -0.25) is 9.59 Å². The fourth-order valence-electron chi connectivity index (χ4n) is 0.603. The SMILES string of the molecule is N#CC(C(=O)O)[C@H](O)CC(=O)O. The zero-order chi connectivity index (χ0) is 9.72. The topological polar surface area (TPSA) is 119 Å². The zero-order valence-corrected chi connectivity index (χ0v) is 5.97. The molecule has 0 aromatic heterocycles. The number of rotatable bonds is 4. The Labute approximate surface area is 67.7 Å². The van der Waals surface area contributed by atoms with Crippen molar-refractivity contribution < 1.29 is 24.9 Å². The highest BCUT2D eigenvalue weighted by Crippen LogP contribution is 2.06. The van der Waals surface area contributed by atoms with Gasteiger partial charge in [-0.15, -0.1) is 0 Å². The Morgan fingerprint density at radius 1 is 1.42 bits per heavy atom. The quantitative estimate of drug-likeness (QED) is 0.504. The Balaban J connectivity index is 4.24. The molecule has 0 aromatic rings. The number of aliphatic hydroxyl groups is 1. The summed E-state index contributed by atoms with van der Waals surface area (Å²) in [5.41, 5.74) is 0. The van der Waals surface area contributed by atoms with Crippen molar-refractivity contribution >= 4 is 11.9 Å². The molecule has 0 amide bonds. The molecule has 0 bridgehead atoms. The van der Waals surface area contributed by atoms with Gasteiger partial charge in [0.2, 0.25) is 0 Å². The highest BCUT2D eigenvalue weighted by Gasteiger charge is 2.27. The van der Waals surface area contributed by atoms with Crippen LogP contribution in [0, 0.1) is 17.2 Å². The summed E-state index contributed by atoms with van der Waals surface area (Å²) in [7, 11) is 0. The summed E-state index contributed by atoms with van der Waals surface area (Å²) in [5, 5.41) is 33.5. The maximum absolute atomic E-state index is 10.2. The van der Waals surface area contributed by atoms with Gasteiger partial charge in [0.15, 0.2) is 5.92 Å². The summed E-state index contributed by atoms with van der Waals surface area (Å²) in [6, 6.07) is 1.29. The predicted molar refractivity (Wildman–Crippen MR) is 35.0 cm³/mol. The van der Waals surface area contributed by atoms with Crippen molar-refractivity contribution in [3.8, 4) is 6.07 Å². The fourth-order valence-corrected chi connectivity index (χ4v) is 0.603. The number of carboxylic acid groups (broad SMARTS) is 2. The molecule has 2 atom stereocenters. The smallest absolute Gasteiger partial charge is 0.323 e. The van der Waals surface area contributed by atoms with E-state index >= 15 is 0 Å². The molecule has 0 aromatic carbocycles. The minimum Gasteiger partial charge on any atom is -0.481 e. The number of aliphatic hydroxyl groups excluding tert-OH is 1. The van der Waals surface area contributed by atoms with Crippen molar-refractivity contribution in [1.29, 1.82) is 5.26 Å². The molecule has 0 spiro atoms. The second-order valence-corrected chi connectivity index (χ2v) is 2.11. The normalized spacial score (nSPS) is 14.3. The van der Waals surface area contributed by atoms with Crippen LogP contribution < -0.4 is 0 Å². The molecule has 0 aliphatic rings. The van der Waals surface area contributed by atoms with Crippen LogP contribution >= 0.6 is 0 Å². The third kappa shape index (κ3) is 2.98. The monoisotopic (exact) mass is 173 g/mol. The lowest BCUT2D eigenvalue weighted by Crippen LogP contribution is -2.28. The Hall–Kier alpha value is -1.61. The molecule has 0 fully saturated rings. The molecule has 12 heavy (non-hydrogen) atoms. The lowest BCUT2D eigenvalue weighted by molar-refractivity contribution is -0.145. The van der Waals surface area contributed by atoms with Gasteiger partial charge in [-0.25, -0.2) is 0 Å². The maximum atomic E-state index is 10.2. The number of nitriles is 1. The Bertz CT molecular complexity index is 231. The van der Waals surface area contributed by atoms with Crippen LogP contribution in [0.15, 0.2) is 0 Å². The zero-order valence-electron chi connectivity index (χ0n) is 5.97. The maximum Gasteiger partial charge on any atom is 0.323 e. The van der Waals surface area contributed by atoms with Gasteiger partial charge in [0.25, 0.3) is 0 Å². The number of carbonyl (C=O) groups is 2. The predicted octanol–water partition coefficient (Wildman–Crippen LogP) is -0.954. The van der Waals surface area contributed by atoms with Gasteiger partial charge in [0.05, 0.1) is 18.6 Å². The molecule has 3 N–H and O–H groups in total. The van der Waals surface area contributed by atoms with E-state index in [1.807, 2.05) is 0 Å². The first-order valence-corrected chi connectivity index (χ1v) is 3.01. The molecule has 0 aliphatic carbocycles. The summed E-state index contributed by atoms with van der Waals surface area (Å²) in [6.07, 6.45) is -2.41. The number of carboxylic acids is 2. The van der Waals surface area contributed by atoms with Crippen LogP contribution in [-0.2, 0) is 9.59 Å². The second-order valence-electron chi connectivity index (χ2n) is 2.11. The van der Waals surface area contributed by atoms with E-state index in [0.717, 1.165) is 0 Å². The van der Waals surface area contributed by atoms with E-state index in [1.54, 1.807) is 0 Å². The highest BCUT2D eigenvalue weighted by atomic mass is 16.4. The Morgan fingerprint density at radius 2 is 1.92 bits per heavy atom. The van der Waals surface area contributed by atoms with Gasteiger partial charge in [-0.2, -0.15) is 5.26 Å². The Morgan fingerprint density at radius 3 is 2.17 bits per heavy atom. The first-order valence-electron chi connectivity index (χ1n) is 3.01. The van der Waals surface area contributed by atoms with Crippen LogP contribution in [0.1, 0.15) is 6.42 Å². The van der Waals surface area contributed by atoms with Gasteiger partial charge in [-0.05, 0) is 0 Å². The number of hydrogen-bond donors (Lipinski definition) is 3. The minimum atomic E-state index is -1.68. The molecule has 0 saturated heterocycles. The summed E-state index contributed by atoms with van der Waals surface area (Å²) >= 11 is 0. The van der Waals surface area contributed by atoms with Crippen LogP contribution in [0.4, 0.5) is 0 Å². The molecule has 0 aliphatic heterocycles. The van der Waals surface area contributed by atoms with Crippen molar-refractivity contribution in [3.63, 3.8) is 0 Å². The van der Waals surface area contributed by atoms with Gasteiger partial charge in [0.1, 0.15) is 0 Å². The average molecular weight is 173 g/mol. The lowest BCUT2D eigenvalue weighted by Gasteiger charge is -2.08. The second kappa shape index (κ2) is 4.31.